The van der Waals surface area contributed by atoms with Gasteiger partial charge in [0.15, 0.2) is 0 Å². The van der Waals surface area contributed by atoms with Crippen molar-refractivity contribution < 1.29 is 9.90 Å². The zero-order valence-corrected chi connectivity index (χ0v) is 11.3. The van der Waals surface area contributed by atoms with Gasteiger partial charge in [-0.2, -0.15) is 0 Å². The first-order valence-corrected chi connectivity index (χ1v) is 6.11. The minimum Gasteiger partial charge on any atom is -0.478 e. The average Bonchev–Trinajstić information content (AvgIpc) is 2.39. The summed E-state index contributed by atoms with van der Waals surface area (Å²) in [4.78, 5) is 13.2. The van der Waals surface area contributed by atoms with E-state index in [0.717, 1.165) is 22.4 Å². The first-order chi connectivity index (χ1) is 9.00. The molecule has 0 fully saturated rings. The van der Waals surface area contributed by atoms with E-state index in [1.807, 2.05) is 62.3 Å². The molecule has 0 heterocycles. The SMILES string of the molecule is Cc1cc(N(C)C)c(C(=O)O)cc1-c1ccccc1. The van der Waals surface area contributed by atoms with Crippen molar-refractivity contribution >= 4 is 11.7 Å². The Morgan fingerprint density at radius 1 is 1.11 bits per heavy atom. The monoisotopic (exact) mass is 255 g/mol. The zero-order chi connectivity index (χ0) is 14.0. The highest BCUT2D eigenvalue weighted by Gasteiger charge is 2.15. The molecule has 0 spiro atoms. The maximum Gasteiger partial charge on any atom is 0.337 e. The summed E-state index contributed by atoms with van der Waals surface area (Å²) in [5.74, 6) is -0.902. The Morgan fingerprint density at radius 2 is 1.74 bits per heavy atom. The van der Waals surface area contributed by atoms with Crippen molar-refractivity contribution in [1.82, 2.24) is 0 Å². The number of nitrogens with zero attached hydrogens (tertiary/aromatic N) is 1. The van der Waals surface area contributed by atoms with Crippen LogP contribution in [0.5, 0.6) is 0 Å². The molecule has 0 saturated carbocycles. The predicted octanol–water partition coefficient (Wildman–Crippen LogP) is 3.43. The van der Waals surface area contributed by atoms with E-state index in [0.29, 0.717) is 5.56 Å². The molecule has 2 rings (SSSR count). The van der Waals surface area contributed by atoms with Gasteiger partial charge in [0.25, 0.3) is 0 Å². The lowest BCUT2D eigenvalue weighted by molar-refractivity contribution is 0.0697. The topological polar surface area (TPSA) is 40.5 Å². The fourth-order valence-electron chi connectivity index (χ4n) is 2.16. The van der Waals surface area contributed by atoms with Gasteiger partial charge in [-0.25, -0.2) is 4.79 Å². The molecule has 3 heteroatoms. The lowest BCUT2D eigenvalue weighted by Crippen LogP contribution is -2.14. The van der Waals surface area contributed by atoms with E-state index >= 15 is 0 Å². The molecule has 0 amide bonds. The molecule has 0 radical (unpaired) electrons. The quantitative estimate of drug-likeness (QED) is 0.913. The minimum atomic E-state index is -0.902. The second kappa shape index (κ2) is 5.14. The van der Waals surface area contributed by atoms with Crippen LogP contribution in [0.25, 0.3) is 11.1 Å². The van der Waals surface area contributed by atoms with Crippen LogP contribution in [-0.4, -0.2) is 25.2 Å². The smallest absolute Gasteiger partial charge is 0.337 e. The maximum atomic E-state index is 11.4. The molecule has 0 bridgehead atoms. The summed E-state index contributed by atoms with van der Waals surface area (Å²) in [6, 6.07) is 13.5. The van der Waals surface area contributed by atoms with E-state index in [1.54, 1.807) is 6.07 Å². The minimum absolute atomic E-state index is 0.328. The number of aromatic carboxylic acids is 1. The van der Waals surface area contributed by atoms with Crippen LogP contribution >= 0.6 is 0 Å². The highest BCUT2D eigenvalue weighted by atomic mass is 16.4. The van der Waals surface area contributed by atoms with Crippen LogP contribution in [0, 0.1) is 6.92 Å². The van der Waals surface area contributed by atoms with Gasteiger partial charge >= 0.3 is 5.97 Å². The first kappa shape index (κ1) is 13.1. The van der Waals surface area contributed by atoms with E-state index in [9.17, 15) is 9.90 Å². The molecule has 2 aromatic carbocycles. The lowest BCUT2D eigenvalue weighted by Gasteiger charge is -2.18. The van der Waals surface area contributed by atoms with E-state index in [2.05, 4.69) is 0 Å². The van der Waals surface area contributed by atoms with Crippen molar-refractivity contribution in [1.29, 1.82) is 0 Å². The lowest BCUT2D eigenvalue weighted by atomic mass is 9.96. The summed E-state index contributed by atoms with van der Waals surface area (Å²) in [6.07, 6.45) is 0. The van der Waals surface area contributed by atoms with Crippen molar-refractivity contribution in [3.63, 3.8) is 0 Å². The van der Waals surface area contributed by atoms with Crippen LogP contribution in [0.4, 0.5) is 5.69 Å². The standard InChI is InChI=1S/C16H17NO2/c1-11-9-15(17(2)3)14(16(18)19)10-13(11)12-7-5-4-6-8-12/h4-10H,1-3H3,(H,18,19). The fraction of sp³-hybridized carbons (Fsp3) is 0.188. The third-order valence-corrected chi connectivity index (χ3v) is 3.14. The predicted molar refractivity (Wildman–Crippen MR) is 77.9 cm³/mol. The number of anilines is 1. The Bertz CT molecular complexity index is 604. The number of benzene rings is 2. The summed E-state index contributed by atoms with van der Waals surface area (Å²) in [7, 11) is 3.70. The Balaban J connectivity index is 2.65. The fourth-order valence-corrected chi connectivity index (χ4v) is 2.16. The molecule has 0 aromatic heterocycles. The first-order valence-electron chi connectivity index (χ1n) is 6.11. The Hall–Kier alpha value is -2.29. The summed E-state index contributed by atoms with van der Waals surface area (Å²) >= 11 is 0. The van der Waals surface area contributed by atoms with Gasteiger partial charge in [0.2, 0.25) is 0 Å². The third-order valence-electron chi connectivity index (χ3n) is 3.14. The molecule has 0 saturated heterocycles. The van der Waals surface area contributed by atoms with E-state index in [4.69, 9.17) is 0 Å². The van der Waals surface area contributed by atoms with Crippen molar-refractivity contribution in [3.05, 3.63) is 53.6 Å². The van der Waals surface area contributed by atoms with Crippen molar-refractivity contribution in [2.24, 2.45) is 0 Å². The van der Waals surface area contributed by atoms with Gasteiger partial charge < -0.3 is 10.0 Å². The van der Waals surface area contributed by atoms with Crippen LogP contribution in [0.2, 0.25) is 0 Å². The highest BCUT2D eigenvalue weighted by molar-refractivity contribution is 5.96. The van der Waals surface area contributed by atoms with Gasteiger partial charge in [0, 0.05) is 14.1 Å². The third kappa shape index (κ3) is 2.60. The molecule has 98 valence electrons. The average molecular weight is 255 g/mol. The number of hydrogen-bond donors (Lipinski definition) is 1. The molecular weight excluding hydrogens is 238 g/mol. The molecule has 0 aliphatic rings. The normalized spacial score (nSPS) is 10.3. The molecule has 0 aliphatic carbocycles. The molecule has 2 aromatic rings. The van der Waals surface area contributed by atoms with E-state index in [-0.39, 0.29) is 0 Å². The molecule has 1 N–H and O–H groups in total. The maximum absolute atomic E-state index is 11.4. The van der Waals surface area contributed by atoms with Gasteiger partial charge in [-0.3, -0.25) is 0 Å². The number of aryl methyl sites for hydroxylation is 1. The highest BCUT2D eigenvalue weighted by Crippen LogP contribution is 2.30. The number of carboxylic acid groups (broad SMARTS) is 1. The van der Waals surface area contributed by atoms with Crippen molar-refractivity contribution in [3.8, 4) is 11.1 Å². The van der Waals surface area contributed by atoms with Gasteiger partial charge in [0.1, 0.15) is 0 Å². The second-order valence-corrected chi connectivity index (χ2v) is 4.75. The zero-order valence-electron chi connectivity index (χ0n) is 11.3. The molecule has 3 nitrogen and oxygen atoms in total. The summed E-state index contributed by atoms with van der Waals surface area (Å²) in [5, 5.41) is 9.35. The van der Waals surface area contributed by atoms with E-state index in [1.165, 1.54) is 0 Å². The van der Waals surface area contributed by atoms with Crippen molar-refractivity contribution in [2.75, 3.05) is 19.0 Å². The molecule has 0 aliphatic heterocycles. The van der Waals surface area contributed by atoms with Crippen LogP contribution in [0.3, 0.4) is 0 Å². The van der Waals surface area contributed by atoms with Crippen LogP contribution in [0.1, 0.15) is 15.9 Å². The number of carboxylic acids is 1. The van der Waals surface area contributed by atoms with Gasteiger partial charge in [-0.15, -0.1) is 0 Å². The Kier molecular flexibility index (Phi) is 3.56. The van der Waals surface area contributed by atoms with Gasteiger partial charge in [-0.1, -0.05) is 30.3 Å². The summed E-state index contributed by atoms with van der Waals surface area (Å²) in [6.45, 7) is 2.00. The Morgan fingerprint density at radius 3 is 2.26 bits per heavy atom. The molecular formula is C16H17NO2. The van der Waals surface area contributed by atoms with Gasteiger partial charge in [-0.05, 0) is 35.7 Å². The molecule has 19 heavy (non-hydrogen) atoms. The van der Waals surface area contributed by atoms with Crippen LogP contribution < -0.4 is 4.90 Å². The number of hydrogen-bond acceptors (Lipinski definition) is 2. The van der Waals surface area contributed by atoms with E-state index < -0.39 is 5.97 Å². The van der Waals surface area contributed by atoms with Crippen LogP contribution in [-0.2, 0) is 0 Å². The summed E-state index contributed by atoms with van der Waals surface area (Å²) < 4.78 is 0. The number of rotatable bonds is 3. The number of carbonyl (C=O) groups is 1. The molecule has 0 unspecified atom stereocenters. The largest absolute Gasteiger partial charge is 0.478 e. The van der Waals surface area contributed by atoms with Crippen molar-refractivity contribution in [2.45, 2.75) is 6.92 Å². The summed E-state index contributed by atoms with van der Waals surface area (Å²) in [5.41, 5.74) is 4.12. The van der Waals surface area contributed by atoms with Crippen LogP contribution in [0.15, 0.2) is 42.5 Å². The Labute approximate surface area is 113 Å². The van der Waals surface area contributed by atoms with Gasteiger partial charge in [0.05, 0.1) is 11.3 Å². The second-order valence-electron chi connectivity index (χ2n) is 4.75. The molecule has 0 atom stereocenters.